The number of nitrogen functional groups attached to an aromatic ring is 1. The van der Waals surface area contributed by atoms with Crippen LogP contribution in [0.1, 0.15) is 42.5 Å². The molecule has 3 N–H and O–H groups in total. The van der Waals surface area contributed by atoms with Crippen molar-refractivity contribution in [1.29, 1.82) is 0 Å². The van der Waals surface area contributed by atoms with E-state index in [1.54, 1.807) is 12.3 Å². The van der Waals surface area contributed by atoms with E-state index in [1.807, 2.05) is 42.5 Å². The number of carbonyl (C=O) groups excluding carboxylic acids is 1. The van der Waals surface area contributed by atoms with Gasteiger partial charge in [0.05, 0.1) is 11.6 Å². The Hall–Kier alpha value is -2.92. The highest BCUT2D eigenvalue weighted by Crippen LogP contribution is 2.30. The molecule has 0 saturated carbocycles. The minimum absolute atomic E-state index is 0.0447. The van der Waals surface area contributed by atoms with Crippen LogP contribution in [0, 0.1) is 0 Å². The zero-order valence-electron chi connectivity index (χ0n) is 16.6. The number of fused-ring (bicyclic) bond motifs is 1. The van der Waals surface area contributed by atoms with Crippen LogP contribution in [0.4, 0.5) is 5.69 Å². The van der Waals surface area contributed by atoms with Gasteiger partial charge in [0.15, 0.2) is 0 Å². The third kappa shape index (κ3) is 4.57. The predicted molar refractivity (Wildman–Crippen MR) is 117 cm³/mol. The smallest absolute Gasteiger partial charge is 0.251 e. The first-order valence-electron chi connectivity index (χ1n) is 10.4. The normalized spacial score (nSPS) is 16.2. The molecule has 0 aliphatic carbocycles. The number of nitrogens with one attached hydrogen (secondary N) is 1. The van der Waals surface area contributed by atoms with Crippen LogP contribution in [-0.2, 0) is 4.74 Å². The summed E-state index contributed by atoms with van der Waals surface area (Å²) in [5.74, 6) is -0.0447. The molecule has 1 unspecified atom stereocenters. The molecule has 0 bridgehead atoms. The Labute approximate surface area is 171 Å². The molecule has 1 amide bonds. The maximum atomic E-state index is 12.6. The van der Waals surface area contributed by atoms with Gasteiger partial charge in [-0.3, -0.25) is 9.78 Å². The molecule has 4 rings (SSSR count). The van der Waals surface area contributed by atoms with Crippen molar-refractivity contribution in [3.8, 4) is 11.1 Å². The highest BCUT2D eigenvalue weighted by atomic mass is 16.5. The molecule has 1 fully saturated rings. The lowest BCUT2D eigenvalue weighted by molar-refractivity contribution is 0.0947. The molecule has 1 aromatic heterocycles. The number of aromatic nitrogens is 1. The minimum atomic E-state index is -0.0447. The molecule has 1 aliphatic heterocycles. The second-order valence-electron chi connectivity index (χ2n) is 7.57. The van der Waals surface area contributed by atoms with Gasteiger partial charge in [0.2, 0.25) is 0 Å². The Bertz CT molecular complexity index is 996. The van der Waals surface area contributed by atoms with Crippen molar-refractivity contribution in [3.63, 3.8) is 0 Å². The summed E-state index contributed by atoms with van der Waals surface area (Å²) in [6.45, 7) is 1.58. The Morgan fingerprint density at radius 2 is 2.07 bits per heavy atom. The maximum absolute atomic E-state index is 12.6. The monoisotopic (exact) mass is 389 g/mol. The summed E-state index contributed by atoms with van der Waals surface area (Å²) >= 11 is 0. The molecule has 3 aromatic rings. The van der Waals surface area contributed by atoms with Gasteiger partial charge in [-0.2, -0.15) is 0 Å². The highest BCUT2D eigenvalue weighted by molar-refractivity contribution is 6.01. The van der Waals surface area contributed by atoms with E-state index in [0.29, 0.717) is 23.9 Å². The fraction of sp³-hybridized carbons (Fsp3) is 0.333. The van der Waals surface area contributed by atoms with Crippen LogP contribution >= 0.6 is 0 Å². The Morgan fingerprint density at radius 3 is 2.93 bits per heavy atom. The maximum Gasteiger partial charge on any atom is 0.251 e. The molecule has 1 aliphatic rings. The molecule has 2 aromatic carbocycles. The first kappa shape index (κ1) is 19.4. The van der Waals surface area contributed by atoms with Crippen LogP contribution in [0.15, 0.2) is 54.7 Å². The number of carbonyl (C=O) groups is 1. The predicted octanol–water partition coefficient (Wildman–Crippen LogP) is 4.56. The summed E-state index contributed by atoms with van der Waals surface area (Å²) in [6.07, 6.45) is 7.62. The Balaban J connectivity index is 1.41. The average Bonchev–Trinajstić information content (AvgIpc) is 3.27. The summed E-state index contributed by atoms with van der Waals surface area (Å²) in [6, 6.07) is 15.4. The number of rotatable bonds is 7. The Morgan fingerprint density at radius 1 is 1.17 bits per heavy atom. The van der Waals surface area contributed by atoms with Crippen LogP contribution < -0.4 is 11.1 Å². The highest BCUT2D eigenvalue weighted by Gasteiger charge is 2.14. The van der Waals surface area contributed by atoms with E-state index in [2.05, 4.69) is 10.3 Å². The van der Waals surface area contributed by atoms with Crippen LogP contribution in [0.25, 0.3) is 22.0 Å². The first-order valence-corrected chi connectivity index (χ1v) is 10.4. The number of hydrogen-bond acceptors (Lipinski definition) is 4. The quantitative estimate of drug-likeness (QED) is 0.581. The molecular weight excluding hydrogens is 362 g/mol. The molecular formula is C24H27N3O2. The van der Waals surface area contributed by atoms with E-state index in [0.717, 1.165) is 47.9 Å². The number of unbranched alkanes of at least 4 members (excludes halogenated alkanes) is 1. The number of para-hydroxylation sites is 1. The first-order chi connectivity index (χ1) is 14.2. The van der Waals surface area contributed by atoms with Crippen LogP contribution in [-0.4, -0.2) is 30.1 Å². The zero-order chi connectivity index (χ0) is 20.1. The van der Waals surface area contributed by atoms with Crippen molar-refractivity contribution in [2.45, 2.75) is 38.2 Å². The lowest BCUT2D eigenvalue weighted by Crippen LogP contribution is -2.24. The SMILES string of the molecule is Nc1ccnc2c(-c3cccc(C(=O)NCCCCC4CCCO4)c3)cccc12. The topological polar surface area (TPSA) is 77.2 Å². The van der Waals surface area contributed by atoms with Gasteiger partial charge in [-0.15, -0.1) is 0 Å². The van der Waals surface area contributed by atoms with Gasteiger partial charge in [0.1, 0.15) is 0 Å². The molecule has 0 spiro atoms. The molecule has 0 radical (unpaired) electrons. The van der Waals surface area contributed by atoms with Gasteiger partial charge < -0.3 is 15.8 Å². The summed E-state index contributed by atoms with van der Waals surface area (Å²) in [5, 5.41) is 3.96. The van der Waals surface area contributed by atoms with Crippen molar-refractivity contribution in [1.82, 2.24) is 10.3 Å². The zero-order valence-corrected chi connectivity index (χ0v) is 16.6. The lowest BCUT2D eigenvalue weighted by Gasteiger charge is -2.11. The van der Waals surface area contributed by atoms with Gasteiger partial charge in [0, 0.05) is 41.5 Å². The number of amides is 1. The van der Waals surface area contributed by atoms with Gasteiger partial charge in [-0.1, -0.05) is 30.3 Å². The molecule has 5 heteroatoms. The van der Waals surface area contributed by atoms with Crippen LogP contribution in [0.2, 0.25) is 0 Å². The Kier molecular flexibility index (Phi) is 6.06. The number of anilines is 1. The van der Waals surface area contributed by atoms with E-state index in [4.69, 9.17) is 10.5 Å². The van der Waals surface area contributed by atoms with Crippen molar-refractivity contribution in [2.75, 3.05) is 18.9 Å². The fourth-order valence-electron chi connectivity index (χ4n) is 3.93. The third-order valence-corrected chi connectivity index (χ3v) is 5.50. The van der Waals surface area contributed by atoms with E-state index in [1.165, 1.54) is 12.8 Å². The summed E-state index contributed by atoms with van der Waals surface area (Å²) in [7, 11) is 0. The van der Waals surface area contributed by atoms with Gasteiger partial charge >= 0.3 is 0 Å². The van der Waals surface area contributed by atoms with Crippen molar-refractivity contribution in [2.24, 2.45) is 0 Å². The molecule has 1 atom stereocenters. The second-order valence-corrected chi connectivity index (χ2v) is 7.57. The van der Waals surface area contributed by atoms with Gasteiger partial charge in [-0.25, -0.2) is 0 Å². The second kappa shape index (κ2) is 9.05. The minimum Gasteiger partial charge on any atom is -0.398 e. The number of nitrogens with zero attached hydrogens (tertiary/aromatic N) is 1. The molecule has 1 saturated heterocycles. The number of ether oxygens (including phenoxy) is 1. The number of hydrogen-bond donors (Lipinski definition) is 2. The molecule has 5 nitrogen and oxygen atoms in total. The fourth-order valence-corrected chi connectivity index (χ4v) is 3.93. The van der Waals surface area contributed by atoms with Crippen molar-refractivity contribution in [3.05, 3.63) is 60.3 Å². The van der Waals surface area contributed by atoms with E-state index in [-0.39, 0.29) is 5.91 Å². The number of benzene rings is 2. The van der Waals surface area contributed by atoms with E-state index >= 15 is 0 Å². The largest absolute Gasteiger partial charge is 0.398 e. The van der Waals surface area contributed by atoms with Gasteiger partial charge in [-0.05, 0) is 55.9 Å². The summed E-state index contributed by atoms with van der Waals surface area (Å²) < 4.78 is 5.64. The average molecular weight is 389 g/mol. The molecule has 29 heavy (non-hydrogen) atoms. The molecule has 2 heterocycles. The van der Waals surface area contributed by atoms with E-state index in [9.17, 15) is 4.79 Å². The standard InChI is InChI=1S/C24H27N3O2/c25-22-12-14-26-23-20(10-4-11-21(22)23)17-6-3-7-18(16-17)24(28)27-13-2-1-8-19-9-5-15-29-19/h3-4,6-7,10-12,14,16,19H,1-2,5,8-9,13,15H2,(H2,25,26)(H,27,28). The third-order valence-electron chi connectivity index (χ3n) is 5.50. The summed E-state index contributed by atoms with van der Waals surface area (Å²) in [5.41, 5.74) is 10.2. The van der Waals surface area contributed by atoms with Crippen molar-refractivity contribution >= 4 is 22.5 Å². The van der Waals surface area contributed by atoms with Crippen LogP contribution in [0.3, 0.4) is 0 Å². The number of nitrogens with two attached hydrogens (primary N) is 1. The summed E-state index contributed by atoms with van der Waals surface area (Å²) in [4.78, 5) is 17.1. The van der Waals surface area contributed by atoms with Crippen LogP contribution in [0.5, 0.6) is 0 Å². The molecule has 150 valence electrons. The lowest BCUT2D eigenvalue weighted by atomic mass is 9.99. The van der Waals surface area contributed by atoms with E-state index < -0.39 is 0 Å². The van der Waals surface area contributed by atoms with Crippen molar-refractivity contribution < 1.29 is 9.53 Å². The number of pyridine rings is 1. The van der Waals surface area contributed by atoms with Gasteiger partial charge in [0.25, 0.3) is 5.91 Å².